The minimum atomic E-state index is -1.02. The number of methoxy groups -OCH3 is 1. The first-order valence-electron chi connectivity index (χ1n) is 12.3. The van der Waals surface area contributed by atoms with E-state index in [0.717, 1.165) is 49.0 Å². The van der Waals surface area contributed by atoms with Crippen molar-refractivity contribution in [1.29, 1.82) is 5.26 Å². The minimum absolute atomic E-state index is 0.0448. The second-order valence-electron chi connectivity index (χ2n) is 9.35. The first-order valence-corrected chi connectivity index (χ1v) is 12.3. The highest BCUT2D eigenvalue weighted by Gasteiger charge is 2.34. The van der Waals surface area contributed by atoms with Crippen LogP contribution in [-0.4, -0.2) is 47.9 Å². The van der Waals surface area contributed by atoms with Crippen LogP contribution >= 0.6 is 0 Å². The Labute approximate surface area is 210 Å². The Kier molecular flexibility index (Phi) is 6.61. The summed E-state index contributed by atoms with van der Waals surface area (Å²) < 4.78 is 13.5. The molecule has 1 aromatic heterocycles. The lowest BCUT2D eigenvalue weighted by atomic mass is 9.92. The molecule has 1 aromatic carbocycles. The van der Waals surface area contributed by atoms with E-state index in [2.05, 4.69) is 16.5 Å². The number of nitriles is 1. The number of amides is 1. The van der Waals surface area contributed by atoms with Crippen LogP contribution in [0.4, 0.5) is 10.5 Å². The molecular formula is C27H29N5O4. The van der Waals surface area contributed by atoms with Crippen molar-refractivity contribution in [3.8, 4) is 22.9 Å². The molecule has 0 saturated carbocycles. The fourth-order valence-corrected chi connectivity index (χ4v) is 5.18. The zero-order valence-corrected chi connectivity index (χ0v) is 20.4. The van der Waals surface area contributed by atoms with Gasteiger partial charge in [0.25, 0.3) is 0 Å². The molecule has 1 unspecified atom stereocenters. The molecular weight excluding hydrogens is 458 g/mol. The van der Waals surface area contributed by atoms with E-state index < -0.39 is 12.0 Å². The number of nitrogens with one attached hydrogen (secondary N) is 1. The maximum Gasteiger partial charge on any atom is 0.414 e. The third-order valence-electron chi connectivity index (χ3n) is 7.15. The predicted molar refractivity (Wildman–Crippen MR) is 133 cm³/mol. The van der Waals surface area contributed by atoms with E-state index in [1.165, 1.54) is 13.2 Å². The summed E-state index contributed by atoms with van der Waals surface area (Å²) >= 11 is 0. The Balaban J connectivity index is 1.61. The fourth-order valence-electron chi connectivity index (χ4n) is 5.18. The van der Waals surface area contributed by atoms with Gasteiger partial charge in [-0.2, -0.15) is 10.4 Å². The number of benzene rings is 1. The van der Waals surface area contributed by atoms with Crippen molar-refractivity contribution in [2.45, 2.75) is 44.7 Å². The summed E-state index contributed by atoms with van der Waals surface area (Å²) in [7, 11) is 1.37. The highest BCUT2D eigenvalue weighted by molar-refractivity contribution is 5.97. The molecule has 1 saturated heterocycles. The number of allylic oxidation sites excluding steroid dienone is 4. The zero-order chi connectivity index (χ0) is 25.2. The molecule has 2 atom stereocenters. The molecule has 3 heterocycles. The van der Waals surface area contributed by atoms with Gasteiger partial charge in [-0.3, -0.25) is 14.4 Å². The third-order valence-corrected chi connectivity index (χ3v) is 7.15. The van der Waals surface area contributed by atoms with Crippen molar-refractivity contribution >= 4 is 17.6 Å². The van der Waals surface area contributed by atoms with Gasteiger partial charge in [-0.05, 0) is 70.0 Å². The van der Waals surface area contributed by atoms with Gasteiger partial charge in [-0.25, -0.2) is 4.79 Å². The zero-order valence-electron chi connectivity index (χ0n) is 20.4. The lowest BCUT2D eigenvalue weighted by Gasteiger charge is -2.35. The molecule has 5 rings (SSSR count). The molecule has 9 heteroatoms. The average molecular weight is 488 g/mol. The van der Waals surface area contributed by atoms with Gasteiger partial charge in [-0.1, -0.05) is 6.08 Å². The van der Waals surface area contributed by atoms with E-state index in [1.807, 2.05) is 36.1 Å². The van der Waals surface area contributed by atoms with Crippen LogP contribution in [0.15, 0.2) is 48.5 Å². The maximum absolute atomic E-state index is 12.7. The summed E-state index contributed by atoms with van der Waals surface area (Å²) in [6.07, 6.45) is 11.4. The molecule has 1 amide bonds. The summed E-state index contributed by atoms with van der Waals surface area (Å²) in [4.78, 5) is 26.6. The summed E-state index contributed by atoms with van der Waals surface area (Å²) in [5, 5.41) is 17.7. The third kappa shape index (κ3) is 4.29. The molecule has 1 N–H and O–H groups in total. The molecule has 2 aliphatic heterocycles. The number of ether oxygens (including phenoxy) is 2. The van der Waals surface area contributed by atoms with Gasteiger partial charge in [0, 0.05) is 28.9 Å². The van der Waals surface area contributed by atoms with Crippen molar-refractivity contribution in [2.24, 2.45) is 5.92 Å². The number of nitrogens with zero attached hydrogens (tertiary/aromatic N) is 4. The number of rotatable bonds is 4. The van der Waals surface area contributed by atoms with Crippen LogP contribution in [0.3, 0.4) is 0 Å². The van der Waals surface area contributed by atoms with E-state index in [1.54, 1.807) is 17.1 Å². The molecule has 9 nitrogen and oxygen atoms in total. The van der Waals surface area contributed by atoms with Crippen molar-refractivity contribution < 1.29 is 19.1 Å². The first-order chi connectivity index (χ1) is 17.5. The highest BCUT2D eigenvalue weighted by atomic mass is 16.5. The van der Waals surface area contributed by atoms with Crippen LogP contribution < -0.4 is 15.0 Å². The summed E-state index contributed by atoms with van der Waals surface area (Å²) in [6, 6.07) is 6.15. The number of carbonyl (C=O) groups is 2. The summed E-state index contributed by atoms with van der Waals surface area (Å²) in [5.74, 6) is -0.526. The van der Waals surface area contributed by atoms with Gasteiger partial charge >= 0.3 is 6.09 Å². The molecule has 0 spiro atoms. The Morgan fingerprint density at radius 1 is 1.25 bits per heavy atom. The van der Waals surface area contributed by atoms with E-state index in [4.69, 9.17) is 9.47 Å². The van der Waals surface area contributed by atoms with Gasteiger partial charge in [0.1, 0.15) is 11.5 Å². The normalized spacial score (nSPS) is 22.0. The largest absolute Gasteiger partial charge is 0.459 e. The fraction of sp³-hybridized carbons (Fsp3) is 0.407. The van der Waals surface area contributed by atoms with Crippen molar-refractivity contribution in [2.75, 3.05) is 25.1 Å². The quantitative estimate of drug-likeness (QED) is 0.696. The molecule has 1 aliphatic carbocycles. The van der Waals surface area contributed by atoms with E-state index >= 15 is 0 Å². The van der Waals surface area contributed by atoms with Gasteiger partial charge in [0.2, 0.25) is 0 Å². The summed E-state index contributed by atoms with van der Waals surface area (Å²) in [5.41, 5.74) is 3.22. The molecule has 2 aromatic rings. The highest BCUT2D eigenvalue weighted by Crippen LogP contribution is 2.44. The molecule has 1 fully saturated rings. The second kappa shape index (κ2) is 9.99. The van der Waals surface area contributed by atoms with Gasteiger partial charge < -0.3 is 14.8 Å². The number of hydrogen-bond donors (Lipinski definition) is 1. The number of hydrogen-bond acceptors (Lipinski definition) is 7. The van der Waals surface area contributed by atoms with Gasteiger partial charge in [0.15, 0.2) is 11.7 Å². The monoisotopic (exact) mass is 487 g/mol. The number of carbonyl (C=O) groups excluding carboxylic acids is 2. The molecule has 186 valence electrons. The predicted octanol–water partition coefficient (Wildman–Crippen LogP) is 3.92. The number of piperidine rings is 1. The van der Waals surface area contributed by atoms with Gasteiger partial charge in [-0.15, -0.1) is 0 Å². The smallest absolute Gasteiger partial charge is 0.414 e. The number of aromatic nitrogens is 2. The second-order valence-corrected chi connectivity index (χ2v) is 9.35. The van der Waals surface area contributed by atoms with Gasteiger partial charge in [0.05, 0.1) is 31.1 Å². The van der Waals surface area contributed by atoms with Crippen LogP contribution in [0.1, 0.15) is 37.8 Å². The Bertz CT molecular complexity index is 1280. The lowest BCUT2D eigenvalue weighted by Crippen LogP contribution is -2.42. The van der Waals surface area contributed by atoms with E-state index in [-0.39, 0.29) is 17.6 Å². The lowest BCUT2D eigenvalue weighted by molar-refractivity contribution is -0.116. The van der Waals surface area contributed by atoms with Crippen molar-refractivity contribution in [3.05, 3.63) is 54.1 Å². The SMILES string of the molecule is COC(=O)N1c2ccc(-c3cnn(C4CCNCC4)c3)c(OC3=CC=CC(=O)C3C#N)c2CC[C@@H]1C. The Morgan fingerprint density at radius 3 is 2.81 bits per heavy atom. The maximum atomic E-state index is 12.7. The number of fused-ring (bicyclic) bond motifs is 1. The van der Waals surface area contributed by atoms with Crippen LogP contribution in [0.2, 0.25) is 0 Å². The molecule has 0 bridgehead atoms. The van der Waals surface area contributed by atoms with Crippen molar-refractivity contribution in [1.82, 2.24) is 15.1 Å². The minimum Gasteiger partial charge on any atom is -0.459 e. The van der Waals surface area contributed by atoms with E-state index in [9.17, 15) is 14.9 Å². The number of ketones is 1. The Morgan fingerprint density at radius 2 is 2.06 bits per heavy atom. The molecule has 36 heavy (non-hydrogen) atoms. The molecule has 0 radical (unpaired) electrons. The molecule has 3 aliphatic rings. The van der Waals surface area contributed by atoms with E-state index in [0.29, 0.717) is 23.9 Å². The summed E-state index contributed by atoms with van der Waals surface area (Å²) in [6.45, 7) is 3.90. The van der Waals surface area contributed by atoms with Crippen LogP contribution in [-0.2, 0) is 16.0 Å². The number of anilines is 1. The average Bonchev–Trinajstić information content (AvgIpc) is 3.39. The van der Waals surface area contributed by atoms with Crippen LogP contribution in [0.5, 0.6) is 5.75 Å². The Hall–Kier alpha value is -3.90. The standard InChI is InChI=1S/C27H29N5O4/c1-17-6-7-21-23(32(17)27(34)35-2)9-8-20(18-15-30-31(16-18)19-10-12-29-13-11-19)26(21)36-25-5-3-4-24(33)22(25)14-28/h3-5,8-9,15-17,19,22,29H,6-7,10-13H2,1-2H3/t17-,22?/m0/s1. The van der Waals surface area contributed by atoms with Crippen molar-refractivity contribution in [3.63, 3.8) is 0 Å². The van der Waals surface area contributed by atoms with Crippen LogP contribution in [0.25, 0.3) is 11.1 Å². The first kappa shape index (κ1) is 23.8. The topological polar surface area (TPSA) is 109 Å². The van der Waals surface area contributed by atoms with Crippen LogP contribution in [0, 0.1) is 17.2 Å².